The SMILES string of the molecule is C=C(C)COc1ccc(C2(C)NC(=O)N(C(C)CN)C2=O)cc1. The Morgan fingerprint density at radius 2 is 2.00 bits per heavy atom. The highest BCUT2D eigenvalue weighted by molar-refractivity contribution is 6.07. The Morgan fingerprint density at radius 3 is 2.52 bits per heavy atom. The summed E-state index contributed by atoms with van der Waals surface area (Å²) in [6.07, 6.45) is 0. The highest BCUT2D eigenvalue weighted by atomic mass is 16.5. The second-order valence-electron chi connectivity index (χ2n) is 6.09. The topological polar surface area (TPSA) is 84.7 Å². The zero-order valence-corrected chi connectivity index (χ0v) is 13.8. The number of carbonyl (C=O) groups excluding carboxylic acids is 2. The number of nitrogens with two attached hydrogens (primary N) is 1. The fraction of sp³-hybridized carbons (Fsp3) is 0.412. The Hall–Kier alpha value is -2.34. The number of hydrogen-bond donors (Lipinski definition) is 2. The first-order chi connectivity index (χ1) is 10.8. The first-order valence-corrected chi connectivity index (χ1v) is 7.53. The molecule has 2 atom stereocenters. The number of nitrogens with zero attached hydrogens (tertiary/aromatic N) is 1. The Balaban J connectivity index is 2.22. The quantitative estimate of drug-likeness (QED) is 0.618. The largest absolute Gasteiger partial charge is 0.489 e. The lowest BCUT2D eigenvalue weighted by atomic mass is 9.92. The van der Waals surface area contributed by atoms with Crippen LogP contribution in [-0.2, 0) is 10.3 Å². The van der Waals surface area contributed by atoms with Gasteiger partial charge in [0.05, 0.1) is 6.04 Å². The van der Waals surface area contributed by atoms with E-state index in [0.717, 1.165) is 5.57 Å². The van der Waals surface area contributed by atoms with E-state index in [-0.39, 0.29) is 18.5 Å². The van der Waals surface area contributed by atoms with Gasteiger partial charge in [-0.1, -0.05) is 18.7 Å². The minimum Gasteiger partial charge on any atom is -0.489 e. The molecule has 124 valence electrons. The van der Waals surface area contributed by atoms with Crippen LogP contribution in [0.5, 0.6) is 5.75 Å². The zero-order chi connectivity index (χ0) is 17.2. The van der Waals surface area contributed by atoms with E-state index in [9.17, 15) is 9.59 Å². The lowest BCUT2D eigenvalue weighted by molar-refractivity contribution is -0.132. The Kier molecular flexibility index (Phi) is 4.75. The van der Waals surface area contributed by atoms with Crippen LogP contribution in [0.1, 0.15) is 26.3 Å². The maximum Gasteiger partial charge on any atom is 0.325 e. The van der Waals surface area contributed by atoms with Gasteiger partial charge in [-0.25, -0.2) is 4.79 Å². The predicted molar refractivity (Wildman–Crippen MR) is 88.0 cm³/mol. The summed E-state index contributed by atoms with van der Waals surface area (Å²) >= 11 is 0. The van der Waals surface area contributed by atoms with Crippen LogP contribution in [0.2, 0.25) is 0 Å². The van der Waals surface area contributed by atoms with E-state index in [0.29, 0.717) is 17.9 Å². The van der Waals surface area contributed by atoms with Crippen LogP contribution in [0, 0.1) is 0 Å². The number of hydrogen-bond acceptors (Lipinski definition) is 4. The molecule has 0 spiro atoms. The summed E-state index contributed by atoms with van der Waals surface area (Å²) in [5.74, 6) is 0.389. The summed E-state index contributed by atoms with van der Waals surface area (Å²) in [5, 5.41) is 2.76. The molecule has 1 aromatic rings. The number of urea groups is 1. The summed E-state index contributed by atoms with van der Waals surface area (Å²) in [5.41, 5.74) is 6.11. The first kappa shape index (κ1) is 17.0. The van der Waals surface area contributed by atoms with Crippen molar-refractivity contribution < 1.29 is 14.3 Å². The van der Waals surface area contributed by atoms with Gasteiger partial charge in [0.15, 0.2) is 0 Å². The van der Waals surface area contributed by atoms with E-state index in [4.69, 9.17) is 10.5 Å². The number of rotatable bonds is 6. The summed E-state index contributed by atoms with van der Waals surface area (Å²) in [6.45, 7) is 9.77. The second-order valence-corrected chi connectivity index (χ2v) is 6.09. The highest BCUT2D eigenvalue weighted by Gasteiger charge is 2.50. The number of ether oxygens (including phenoxy) is 1. The van der Waals surface area contributed by atoms with Crippen LogP contribution in [-0.4, -0.2) is 36.0 Å². The zero-order valence-electron chi connectivity index (χ0n) is 13.8. The van der Waals surface area contributed by atoms with Crippen molar-refractivity contribution in [3.05, 3.63) is 42.0 Å². The van der Waals surface area contributed by atoms with Crippen molar-refractivity contribution in [3.63, 3.8) is 0 Å². The fourth-order valence-electron chi connectivity index (χ4n) is 2.45. The van der Waals surface area contributed by atoms with Gasteiger partial charge >= 0.3 is 6.03 Å². The number of benzene rings is 1. The molecule has 1 fully saturated rings. The molecule has 1 aliphatic heterocycles. The van der Waals surface area contributed by atoms with Gasteiger partial charge in [0.2, 0.25) is 0 Å². The summed E-state index contributed by atoms with van der Waals surface area (Å²) in [4.78, 5) is 26.0. The molecule has 0 aliphatic carbocycles. The molecule has 1 saturated heterocycles. The normalized spacial score (nSPS) is 22.0. The van der Waals surface area contributed by atoms with Crippen LogP contribution < -0.4 is 15.8 Å². The molecule has 0 bridgehead atoms. The third-order valence-electron chi connectivity index (χ3n) is 3.92. The number of amides is 3. The number of imide groups is 1. The summed E-state index contributed by atoms with van der Waals surface area (Å²) in [7, 11) is 0. The van der Waals surface area contributed by atoms with Crippen LogP contribution in [0.3, 0.4) is 0 Å². The van der Waals surface area contributed by atoms with Gasteiger partial charge in [0.25, 0.3) is 5.91 Å². The van der Waals surface area contributed by atoms with Gasteiger partial charge in [0.1, 0.15) is 17.9 Å². The van der Waals surface area contributed by atoms with E-state index in [1.54, 1.807) is 38.1 Å². The monoisotopic (exact) mass is 317 g/mol. The standard InChI is InChI=1S/C17H23N3O3/c1-11(2)10-23-14-7-5-13(6-8-14)17(4)15(21)20(12(3)9-18)16(22)19-17/h5-8,12H,1,9-10,18H2,2-4H3,(H,19,22). The molecule has 6 nitrogen and oxygen atoms in total. The maximum absolute atomic E-state index is 12.7. The molecule has 6 heteroatoms. The summed E-state index contributed by atoms with van der Waals surface area (Å²) < 4.78 is 5.54. The molecule has 2 unspecified atom stereocenters. The Bertz CT molecular complexity index is 626. The smallest absolute Gasteiger partial charge is 0.325 e. The number of carbonyl (C=O) groups is 2. The van der Waals surface area contributed by atoms with Gasteiger partial charge < -0.3 is 15.8 Å². The van der Waals surface area contributed by atoms with Crippen molar-refractivity contribution in [1.82, 2.24) is 10.2 Å². The summed E-state index contributed by atoms with van der Waals surface area (Å²) in [6, 6.07) is 6.35. The van der Waals surface area contributed by atoms with Crippen molar-refractivity contribution in [2.24, 2.45) is 5.73 Å². The molecule has 0 saturated carbocycles. The van der Waals surface area contributed by atoms with Gasteiger partial charge in [-0.15, -0.1) is 0 Å². The van der Waals surface area contributed by atoms with Crippen LogP contribution in [0.25, 0.3) is 0 Å². The van der Waals surface area contributed by atoms with Crippen molar-refractivity contribution in [2.75, 3.05) is 13.2 Å². The lowest BCUT2D eigenvalue weighted by Crippen LogP contribution is -2.44. The fourth-order valence-corrected chi connectivity index (χ4v) is 2.45. The van der Waals surface area contributed by atoms with Crippen molar-refractivity contribution in [3.8, 4) is 5.75 Å². The van der Waals surface area contributed by atoms with Gasteiger partial charge in [-0.3, -0.25) is 9.69 Å². The molecule has 1 aliphatic rings. The molecule has 23 heavy (non-hydrogen) atoms. The minimum atomic E-state index is -1.09. The van der Waals surface area contributed by atoms with E-state index in [1.165, 1.54) is 4.90 Å². The maximum atomic E-state index is 12.7. The van der Waals surface area contributed by atoms with E-state index in [1.807, 2.05) is 6.92 Å². The highest BCUT2D eigenvalue weighted by Crippen LogP contribution is 2.31. The van der Waals surface area contributed by atoms with Gasteiger partial charge in [-0.05, 0) is 44.0 Å². The molecule has 0 radical (unpaired) electrons. The van der Waals surface area contributed by atoms with Crippen LogP contribution >= 0.6 is 0 Å². The van der Waals surface area contributed by atoms with Crippen LogP contribution in [0.4, 0.5) is 4.79 Å². The third kappa shape index (κ3) is 3.22. The van der Waals surface area contributed by atoms with E-state index in [2.05, 4.69) is 11.9 Å². The molecule has 3 amide bonds. The average Bonchev–Trinajstić information content (AvgIpc) is 2.75. The molecule has 3 N–H and O–H groups in total. The molecular formula is C17H23N3O3. The molecule has 0 aromatic heterocycles. The molecular weight excluding hydrogens is 294 g/mol. The second kappa shape index (κ2) is 6.42. The first-order valence-electron chi connectivity index (χ1n) is 7.53. The third-order valence-corrected chi connectivity index (χ3v) is 3.92. The van der Waals surface area contributed by atoms with Crippen molar-refractivity contribution >= 4 is 11.9 Å². The molecule has 2 rings (SSSR count). The average molecular weight is 317 g/mol. The van der Waals surface area contributed by atoms with Crippen molar-refractivity contribution in [2.45, 2.75) is 32.4 Å². The van der Waals surface area contributed by atoms with E-state index < -0.39 is 11.6 Å². The Morgan fingerprint density at radius 1 is 1.39 bits per heavy atom. The van der Waals surface area contributed by atoms with Gasteiger partial charge in [-0.2, -0.15) is 0 Å². The van der Waals surface area contributed by atoms with Crippen LogP contribution in [0.15, 0.2) is 36.4 Å². The number of nitrogens with one attached hydrogen (secondary N) is 1. The predicted octanol–water partition coefficient (Wildman–Crippen LogP) is 1.76. The van der Waals surface area contributed by atoms with Gasteiger partial charge in [0, 0.05) is 6.54 Å². The minimum absolute atomic E-state index is 0.225. The molecule has 1 aromatic carbocycles. The Labute approximate surface area is 136 Å². The van der Waals surface area contributed by atoms with Crippen molar-refractivity contribution in [1.29, 1.82) is 0 Å². The van der Waals surface area contributed by atoms with E-state index >= 15 is 0 Å². The molecule has 1 heterocycles. The lowest BCUT2D eigenvalue weighted by Gasteiger charge is -2.24.